The van der Waals surface area contributed by atoms with Crippen LogP contribution in [-0.4, -0.2) is 29.1 Å². The van der Waals surface area contributed by atoms with Crippen LogP contribution in [0.15, 0.2) is 18.2 Å². The van der Waals surface area contributed by atoms with Gasteiger partial charge in [0.25, 0.3) is 0 Å². The largest absolute Gasteiger partial charge is 0.481 e. The molecule has 1 fully saturated rings. The molecule has 3 nitrogen and oxygen atoms in total. The van der Waals surface area contributed by atoms with Gasteiger partial charge in [0.05, 0.1) is 0 Å². The van der Waals surface area contributed by atoms with Crippen molar-refractivity contribution in [3.05, 3.63) is 35.1 Å². The van der Waals surface area contributed by atoms with Crippen LogP contribution < -0.4 is 0 Å². The van der Waals surface area contributed by atoms with E-state index in [2.05, 4.69) is 4.90 Å². The Kier molecular flexibility index (Phi) is 4.91. The molecular weight excluding hydrogens is 245 g/mol. The molecule has 0 saturated carbocycles. The van der Waals surface area contributed by atoms with Gasteiger partial charge < -0.3 is 5.11 Å². The fourth-order valence-electron chi connectivity index (χ4n) is 2.48. The summed E-state index contributed by atoms with van der Waals surface area (Å²) in [5, 5.41) is 8.61. The first-order valence-corrected chi connectivity index (χ1v) is 6.86. The quantitative estimate of drug-likeness (QED) is 0.890. The Morgan fingerprint density at radius 1 is 1.26 bits per heavy atom. The summed E-state index contributed by atoms with van der Waals surface area (Å²) in [6, 6.07) is 5.11. The molecule has 4 heteroatoms. The maximum Gasteiger partial charge on any atom is 0.303 e. The number of halogens is 1. The van der Waals surface area contributed by atoms with Gasteiger partial charge in [0, 0.05) is 18.5 Å². The number of piperidine rings is 1. The predicted octanol–water partition coefficient (Wildman–Crippen LogP) is 2.83. The molecular formula is C15H20FNO2. The molecule has 1 aliphatic rings. The SMILES string of the molecule is O=C(O)CCc1ccc(CN2CCCCC2)c(F)c1. The van der Waals surface area contributed by atoms with Gasteiger partial charge in [-0.1, -0.05) is 18.6 Å². The van der Waals surface area contributed by atoms with Crippen molar-refractivity contribution in [2.45, 2.75) is 38.6 Å². The van der Waals surface area contributed by atoms with Crippen LogP contribution in [-0.2, 0) is 17.8 Å². The normalized spacial score (nSPS) is 16.5. The van der Waals surface area contributed by atoms with Crippen molar-refractivity contribution in [3.8, 4) is 0 Å². The molecule has 0 unspecified atom stereocenters. The third-order valence-electron chi connectivity index (χ3n) is 3.59. The number of hydrogen-bond acceptors (Lipinski definition) is 2. The van der Waals surface area contributed by atoms with Crippen LogP contribution in [0.4, 0.5) is 4.39 Å². The molecule has 0 bridgehead atoms. The molecule has 19 heavy (non-hydrogen) atoms. The number of aliphatic carboxylic acids is 1. The van der Waals surface area contributed by atoms with Gasteiger partial charge in [-0.2, -0.15) is 0 Å². The first-order chi connectivity index (χ1) is 9.15. The van der Waals surface area contributed by atoms with Crippen molar-refractivity contribution in [1.82, 2.24) is 4.90 Å². The Morgan fingerprint density at radius 2 is 2.00 bits per heavy atom. The molecule has 0 aliphatic carbocycles. The fraction of sp³-hybridized carbons (Fsp3) is 0.533. The van der Waals surface area contributed by atoms with E-state index in [9.17, 15) is 9.18 Å². The maximum absolute atomic E-state index is 14.0. The molecule has 1 saturated heterocycles. The minimum absolute atomic E-state index is 0.0465. The lowest BCUT2D eigenvalue weighted by molar-refractivity contribution is -0.136. The van der Waals surface area contributed by atoms with Crippen molar-refractivity contribution in [3.63, 3.8) is 0 Å². The molecule has 1 heterocycles. The van der Waals surface area contributed by atoms with E-state index >= 15 is 0 Å². The summed E-state index contributed by atoms with van der Waals surface area (Å²) in [6.45, 7) is 2.74. The van der Waals surface area contributed by atoms with Gasteiger partial charge >= 0.3 is 5.97 Å². The molecule has 2 rings (SSSR count). The predicted molar refractivity (Wildman–Crippen MR) is 71.5 cm³/mol. The molecule has 1 aliphatic heterocycles. The summed E-state index contributed by atoms with van der Waals surface area (Å²) in [6.07, 6.45) is 4.09. The second-order valence-corrected chi connectivity index (χ2v) is 5.16. The second kappa shape index (κ2) is 6.66. The van der Waals surface area contributed by atoms with Crippen LogP contribution >= 0.6 is 0 Å². The molecule has 0 spiro atoms. The first-order valence-electron chi connectivity index (χ1n) is 6.86. The third kappa shape index (κ3) is 4.31. The minimum Gasteiger partial charge on any atom is -0.481 e. The summed E-state index contributed by atoms with van der Waals surface area (Å²) in [4.78, 5) is 12.8. The molecule has 0 aromatic heterocycles. The number of likely N-dealkylation sites (tertiary alicyclic amines) is 1. The lowest BCUT2D eigenvalue weighted by atomic mass is 10.1. The van der Waals surface area contributed by atoms with E-state index in [0.717, 1.165) is 18.7 Å². The minimum atomic E-state index is -0.849. The third-order valence-corrected chi connectivity index (χ3v) is 3.59. The summed E-state index contributed by atoms with van der Waals surface area (Å²) in [7, 11) is 0. The van der Waals surface area contributed by atoms with Gasteiger partial charge in [-0.15, -0.1) is 0 Å². The summed E-state index contributed by atoms with van der Waals surface area (Å²) < 4.78 is 14.0. The zero-order chi connectivity index (χ0) is 13.7. The van der Waals surface area contributed by atoms with Gasteiger partial charge in [-0.05, 0) is 44.0 Å². The lowest BCUT2D eigenvalue weighted by Gasteiger charge is -2.26. The van der Waals surface area contributed by atoms with Crippen molar-refractivity contribution in [2.75, 3.05) is 13.1 Å². The van der Waals surface area contributed by atoms with Gasteiger partial charge in [-0.3, -0.25) is 9.69 Å². The summed E-state index contributed by atoms with van der Waals surface area (Å²) >= 11 is 0. The monoisotopic (exact) mass is 265 g/mol. The van der Waals surface area contributed by atoms with Crippen molar-refractivity contribution >= 4 is 5.97 Å². The first kappa shape index (κ1) is 14.0. The van der Waals surface area contributed by atoms with E-state index in [0.29, 0.717) is 18.5 Å². The van der Waals surface area contributed by atoms with Crippen molar-refractivity contribution in [1.29, 1.82) is 0 Å². The number of hydrogen-bond donors (Lipinski definition) is 1. The number of rotatable bonds is 5. The Hall–Kier alpha value is -1.42. The molecule has 1 aromatic rings. The molecule has 0 amide bonds. The highest BCUT2D eigenvalue weighted by Gasteiger charge is 2.13. The molecule has 1 N–H and O–H groups in total. The topological polar surface area (TPSA) is 40.5 Å². The highest BCUT2D eigenvalue weighted by Crippen LogP contribution is 2.17. The van der Waals surface area contributed by atoms with Gasteiger partial charge in [-0.25, -0.2) is 4.39 Å². The number of carbonyl (C=O) groups is 1. The molecule has 0 radical (unpaired) electrons. The van der Waals surface area contributed by atoms with E-state index in [-0.39, 0.29) is 12.2 Å². The maximum atomic E-state index is 14.0. The number of carboxylic acid groups (broad SMARTS) is 1. The summed E-state index contributed by atoms with van der Waals surface area (Å²) in [5.41, 5.74) is 1.46. The number of nitrogens with zero attached hydrogens (tertiary/aromatic N) is 1. The van der Waals surface area contributed by atoms with Crippen molar-refractivity contribution in [2.24, 2.45) is 0 Å². The number of benzene rings is 1. The van der Waals surface area contributed by atoms with Gasteiger partial charge in [0.2, 0.25) is 0 Å². The van der Waals surface area contributed by atoms with E-state index in [1.54, 1.807) is 6.07 Å². The van der Waals surface area contributed by atoms with Crippen LogP contribution in [0.1, 0.15) is 36.8 Å². The van der Waals surface area contributed by atoms with Crippen LogP contribution in [0.5, 0.6) is 0 Å². The van der Waals surface area contributed by atoms with Crippen LogP contribution in [0.2, 0.25) is 0 Å². The Bertz CT molecular complexity index is 442. The fourth-order valence-corrected chi connectivity index (χ4v) is 2.48. The molecule has 1 aromatic carbocycles. The zero-order valence-corrected chi connectivity index (χ0v) is 11.1. The molecule has 0 atom stereocenters. The van der Waals surface area contributed by atoms with E-state index in [1.807, 2.05) is 6.07 Å². The van der Waals surface area contributed by atoms with Crippen LogP contribution in [0.3, 0.4) is 0 Å². The Balaban J connectivity index is 1.96. The van der Waals surface area contributed by atoms with Crippen LogP contribution in [0, 0.1) is 5.82 Å². The van der Waals surface area contributed by atoms with Gasteiger partial charge in [0.1, 0.15) is 5.82 Å². The van der Waals surface area contributed by atoms with Crippen LogP contribution in [0.25, 0.3) is 0 Å². The van der Waals surface area contributed by atoms with Gasteiger partial charge in [0.15, 0.2) is 0 Å². The van der Waals surface area contributed by atoms with E-state index < -0.39 is 5.97 Å². The van der Waals surface area contributed by atoms with E-state index in [1.165, 1.54) is 25.3 Å². The Labute approximate surface area is 113 Å². The average Bonchev–Trinajstić information content (AvgIpc) is 2.40. The number of aryl methyl sites for hydroxylation is 1. The zero-order valence-electron chi connectivity index (χ0n) is 11.1. The Morgan fingerprint density at radius 3 is 2.63 bits per heavy atom. The smallest absolute Gasteiger partial charge is 0.303 e. The highest BCUT2D eigenvalue weighted by atomic mass is 19.1. The number of carboxylic acids is 1. The highest BCUT2D eigenvalue weighted by molar-refractivity contribution is 5.67. The van der Waals surface area contributed by atoms with Crippen molar-refractivity contribution < 1.29 is 14.3 Å². The summed E-state index contributed by atoms with van der Waals surface area (Å²) in [5.74, 6) is -1.06. The van der Waals surface area contributed by atoms with E-state index in [4.69, 9.17) is 5.11 Å². The average molecular weight is 265 g/mol. The second-order valence-electron chi connectivity index (χ2n) is 5.16. The lowest BCUT2D eigenvalue weighted by Crippen LogP contribution is -2.29. The standard InChI is InChI=1S/C15H20FNO2/c16-14-10-12(5-7-15(18)19)4-6-13(14)11-17-8-2-1-3-9-17/h4,6,10H,1-3,5,7-9,11H2,(H,18,19). The molecule has 104 valence electrons.